The minimum absolute atomic E-state index is 0.126. The number of nitrogens with two attached hydrogens (primary N) is 1. The molecule has 0 unspecified atom stereocenters. The number of anilines is 1. The molecule has 0 aliphatic carbocycles. The van der Waals surface area contributed by atoms with Gasteiger partial charge in [-0.2, -0.15) is 12.7 Å². The third kappa shape index (κ3) is 5.25. The maximum absolute atomic E-state index is 12.4. The maximum Gasteiger partial charge on any atom is 0.321 e. The lowest BCUT2D eigenvalue weighted by molar-refractivity contribution is 0.164. The van der Waals surface area contributed by atoms with Crippen LogP contribution in [0.1, 0.15) is 18.5 Å². The Bertz CT molecular complexity index is 853. The third-order valence-electron chi connectivity index (χ3n) is 4.55. The first-order chi connectivity index (χ1) is 12.9. The van der Waals surface area contributed by atoms with Gasteiger partial charge in [-0.15, -0.1) is 0 Å². The van der Waals surface area contributed by atoms with Crippen LogP contribution in [0.15, 0.2) is 54.7 Å². The number of benzene rings is 1. The standard InChI is InChI=1S/C18H23N5O3S/c19-27(25,26)23(14-16-8-4-5-11-20-16)17-9-12-22(13-10-17)18(24)21-15-6-2-1-3-7-15/h1-8,11,17H,9-10,12-14H2,(H,21,24)(H2,19,25,26). The SMILES string of the molecule is NS(=O)(=O)N(Cc1ccccn1)C1CCN(C(=O)Nc2ccccc2)CC1. The fourth-order valence-corrected chi connectivity index (χ4v) is 4.10. The lowest BCUT2D eigenvalue weighted by atomic mass is 10.1. The average molecular weight is 389 g/mol. The van der Waals surface area contributed by atoms with Gasteiger partial charge in [-0.25, -0.2) is 9.93 Å². The van der Waals surface area contributed by atoms with Gasteiger partial charge in [-0.05, 0) is 37.1 Å². The van der Waals surface area contributed by atoms with Gasteiger partial charge in [0.15, 0.2) is 0 Å². The molecule has 2 amide bonds. The van der Waals surface area contributed by atoms with Crippen molar-refractivity contribution < 1.29 is 13.2 Å². The average Bonchev–Trinajstić information content (AvgIpc) is 2.67. The second-order valence-electron chi connectivity index (χ2n) is 6.43. The predicted octanol–water partition coefficient (Wildman–Crippen LogP) is 1.78. The predicted molar refractivity (Wildman–Crippen MR) is 103 cm³/mol. The molecule has 8 nitrogen and oxygen atoms in total. The van der Waals surface area contributed by atoms with Gasteiger partial charge in [0.2, 0.25) is 0 Å². The summed E-state index contributed by atoms with van der Waals surface area (Å²) in [4.78, 5) is 18.2. The Hall–Kier alpha value is -2.49. The van der Waals surface area contributed by atoms with E-state index < -0.39 is 10.2 Å². The largest absolute Gasteiger partial charge is 0.324 e. The number of urea groups is 1. The highest BCUT2D eigenvalue weighted by molar-refractivity contribution is 7.86. The summed E-state index contributed by atoms with van der Waals surface area (Å²) in [7, 11) is -3.87. The number of hydrogen-bond acceptors (Lipinski definition) is 4. The fraction of sp³-hybridized carbons (Fsp3) is 0.333. The van der Waals surface area contributed by atoms with Crippen LogP contribution in [-0.2, 0) is 16.8 Å². The van der Waals surface area contributed by atoms with Crippen molar-refractivity contribution in [3.05, 3.63) is 60.4 Å². The summed E-state index contributed by atoms with van der Waals surface area (Å²) in [5.41, 5.74) is 1.36. The van der Waals surface area contributed by atoms with E-state index in [1.54, 1.807) is 29.3 Å². The highest BCUT2D eigenvalue weighted by Gasteiger charge is 2.32. The molecule has 1 aromatic heterocycles. The molecule has 0 atom stereocenters. The molecule has 144 valence electrons. The van der Waals surface area contributed by atoms with Crippen LogP contribution in [0.25, 0.3) is 0 Å². The van der Waals surface area contributed by atoms with E-state index in [0.29, 0.717) is 31.6 Å². The molecule has 0 spiro atoms. The van der Waals surface area contributed by atoms with Crippen LogP contribution in [0, 0.1) is 0 Å². The quantitative estimate of drug-likeness (QED) is 0.812. The zero-order valence-electron chi connectivity index (χ0n) is 14.9. The van der Waals surface area contributed by atoms with E-state index in [9.17, 15) is 13.2 Å². The summed E-state index contributed by atoms with van der Waals surface area (Å²) in [6, 6.07) is 14.1. The van der Waals surface area contributed by atoms with E-state index in [1.807, 2.05) is 30.3 Å². The van der Waals surface area contributed by atoms with Crippen LogP contribution in [0.5, 0.6) is 0 Å². The molecular formula is C18H23N5O3S. The molecular weight excluding hydrogens is 366 g/mol. The van der Waals surface area contributed by atoms with E-state index in [0.717, 1.165) is 5.69 Å². The molecule has 3 N–H and O–H groups in total. The van der Waals surface area contributed by atoms with Crippen LogP contribution in [0.3, 0.4) is 0 Å². The number of amides is 2. The van der Waals surface area contributed by atoms with Crippen molar-refractivity contribution in [1.82, 2.24) is 14.2 Å². The smallest absolute Gasteiger partial charge is 0.321 e. The van der Waals surface area contributed by atoms with Gasteiger partial charge in [-0.1, -0.05) is 24.3 Å². The number of carbonyl (C=O) groups excluding carboxylic acids is 1. The van der Waals surface area contributed by atoms with Crippen molar-refractivity contribution >= 4 is 21.9 Å². The lowest BCUT2D eigenvalue weighted by Gasteiger charge is -2.36. The molecule has 0 radical (unpaired) electrons. The van der Waals surface area contributed by atoms with Gasteiger partial charge in [-0.3, -0.25) is 4.98 Å². The van der Waals surface area contributed by atoms with Crippen molar-refractivity contribution in [2.24, 2.45) is 5.14 Å². The Morgan fingerprint density at radius 2 is 1.81 bits per heavy atom. The fourth-order valence-electron chi connectivity index (χ4n) is 3.16. The Balaban J connectivity index is 1.61. The summed E-state index contributed by atoms with van der Waals surface area (Å²) in [6.07, 6.45) is 2.66. The molecule has 1 fully saturated rings. The van der Waals surface area contributed by atoms with Gasteiger partial charge in [0, 0.05) is 31.0 Å². The number of rotatable bonds is 5. The maximum atomic E-state index is 12.4. The molecule has 1 aliphatic rings. The number of aromatic nitrogens is 1. The first-order valence-electron chi connectivity index (χ1n) is 8.74. The molecule has 9 heteroatoms. The Morgan fingerprint density at radius 1 is 1.15 bits per heavy atom. The topological polar surface area (TPSA) is 109 Å². The summed E-state index contributed by atoms with van der Waals surface area (Å²) in [5.74, 6) is 0. The number of carbonyl (C=O) groups is 1. The van der Waals surface area contributed by atoms with E-state index >= 15 is 0 Å². The number of nitrogens with one attached hydrogen (secondary N) is 1. The molecule has 1 saturated heterocycles. The minimum atomic E-state index is -3.87. The first-order valence-corrected chi connectivity index (χ1v) is 10.2. The molecule has 3 rings (SSSR count). The molecule has 2 heterocycles. The second kappa shape index (κ2) is 8.47. The summed E-state index contributed by atoms with van der Waals surface area (Å²) in [6.45, 7) is 1.04. The van der Waals surface area contributed by atoms with Gasteiger partial charge in [0.25, 0.3) is 10.2 Å². The Kier molecular flexibility index (Phi) is 6.04. The molecule has 1 aromatic carbocycles. The zero-order chi connectivity index (χ0) is 19.3. The van der Waals surface area contributed by atoms with E-state index in [4.69, 9.17) is 5.14 Å². The van der Waals surface area contributed by atoms with Crippen molar-refractivity contribution in [3.63, 3.8) is 0 Å². The van der Waals surface area contributed by atoms with Crippen molar-refractivity contribution in [2.45, 2.75) is 25.4 Å². The van der Waals surface area contributed by atoms with Gasteiger partial charge < -0.3 is 10.2 Å². The monoisotopic (exact) mass is 389 g/mol. The van der Waals surface area contributed by atoms with Crippen molar-refractivity contribution in [2.75, 3.05) is 18.4 Å². The molecule has 0 bridgehead atoms. The van der Waals surface area contributed by atoms with E-state index in [-0.39, 0.29) is 18.6 Å². The summed E-state index contributed by atoms with van der Waals surface area (Å²) >= 11 is 0. The summed E-state index contributed by atoms with van der Waals surface area (Å²) in [5, 5.41) is 8.28. The number of pyridine rings is 1. The number of nitrogens with zero attached hydrogens (tertiary/aromatic N) is 3. The van der Waals surface area contributed by atoms with Gasteiger partial charge in [0.05, 0.1) is 12.2 Å². The molecule has 2 aromatic rings. The third-order valence-corrected chi connectivity index (χ3v) is 5.64. The molecule has 27 heavy (non-hydrogen) atoms. The van der Waals surface area contributed by atoms with Crippen LogP contribution < -0.4 is 10.5 Å². The zero-order valence-corrected chi connectivity index (χ0v) is 15.7. The first kappa shape index (κ1) is 19.3. The second-order valence-corrected chi connectivity index (χ2v) is 7.92. The van der Waals surface area contributed by atoms with Gasteiger partial charge in [0.1, 0.15) is 0 Å². The van der Waals surface area contributed by atoms with E-state index in [1.165, 1.54) is 4.31 Å². The van der Waals surface area contributed by atoms with Crippen LogP contribution in [0.4, 0.5) is 10.5 Å². The number of likely N-dealkylation sites (tertiary alicyclic amines) is 1. The minimum Gasteiger partial charge on any atom is -0.324 e. The normalized spacial score (nSPS) is 15.7. The van der Waals surface area contributed by atoms with Crippen LogP contribution >= 0.6 is 0 Å². The summed E-state index contributed by atoms with van der Waals surface area (Å²) < 4.78 is 25.4. The molecule has 0 saturated carbocycles. The lowest BCUT2D eigenvalue weighted by Crippen LogP contribution is -2.51. The molecule has 1 aliphatic heterocycles. The highest BCUT2D eigenvalue weighted by atomic mass is 32.2. The number of para-hydroxylation sites is 1. The highest BCUT2D eigenvalue weighted by Crippen LogP contribution is 2.21. The Morgan fingerprint density at radius 3 is 2.41 bits per heavy atom. The van der Waals surface area contributed by atoms with Crippen molar-refractivity contribution in [1.29, 1.82) is 0 Å². The van der Waals surface area contributed by atoms with Crippen LogP contribution in [0.2, 0.25) is 0 Å². The van der Waals surface area contributed by atoms with Crippen LogP contribution in [-0.4, -0.2) is 47.8 Å². The Labute approximate surface area is 159 Å². The van der Waals surface area contributed by atoms with E-state index in [2.05, 4.69) is 10.3 Å². The van der Waals surface area contributed by atoms with Crippen molar-refractivity contribution in [3.8, 4) is 0 Å². The van der Waals surface area contributed by atoms with Gasteiger partial charge >= 0.3 is 6.03 Å². The number of piperidine rings is 1. The number of hydrogen-bond donors (Lipinski definition) is 2.